The van der Waals surface area contributed by atoms with Gasteiger partial charge in [-0.2, -0.15) is 5.26 Å². The molecule has 1 aromatic carbocycles. The average Bonchev–Trinajstić information content (AvgIpc) is 2.35. The minimum Gasteiger partial charge on any atom is -0.375 e. The van der Waals surface area contributed by atoms with E-state index in [1.54, 1.807) is 0 Å². The van der Waals surface area contributed by atoms with Gasteiger partial charge in [-0.1, -0.05) is 12.1 Å². The molecule has 0 saturated carbocycles. The first-order chi connectivity index (χ1) is 8.67. The molecule has 2 rings (SSSR count). The lowest BCUT2D eigenvalue weighted by atomic mass is 9.99. The van der Waals surface area contributed by atoms with Gasteiger partial charge >= 0.3 is 0 Å². The van der Waals surface area contributed by atoms with Gasteiger partial charge in [0.2, 0.25) is 0 Å². The topological polar surface area (TPSA) is 45.0 Å². The highest BCUT2D eigenvalue weighted by molar-refractivity contribution is 5.32. The number of benzene rings is 1. The van der Waals surface area contributed by atoms with Gasteiger partial charge in [-0.3, -0.25) is 0 Å². The zero-order valence-electron chi connectivity index (χ0n) is 11.0. The Balaban J connectivity index is 1.89. The molecule has 96 valence electrons. The first-order valence-corrected chi connectivity index (χ1v) is 6.55. The lowest BCUT2D eigenvalue weighted by molar-refractivity contribution is -0.0422. The molecule has 0 bridgehead atoms. The number of rotatable bonds is 3. The lowest BCUT2D eigenvalue weighted by Gasteiger charge is -2.32. The van der Waals surface area contributed by atoms with Crippen molar-refractivity contribution in [1.29, 1.82) is 5.26 Å². The lowest BCUT2D eigenvalue weighted by Crippen LogP contribution is -2.40. The summed E-state index contributed by atoms with van der Waals surface area (Å²) in [5, 5.41) is 12.4. The fraction of sp³-hybridized carbons (Fsp3) is 0.533. The molecule has 0 radical (unpaired) electrons. The van der Waals surface area contributed by atoms with Gasteiger partial charge in [0.1, 0.15) is 0 Å². The van der Waals surface area contributed by atoms with Crippen LogP contribution < -0.4 is 5.32 Å². The summed E-state index contributed by atoms with van der Waals surface area (Å²) in [7, 11) is 0. The Hall–Kier alpha value is -1.37. The van der Waals surface area contributed by atoms with Crippen LogP contribution in [0.1, 0.15) is 37.8 Å². The van der Waals surface area contributed by atoms with E-state index in [1.165, 1.54) is 5.56 Å². The number of hydrogen-bond donors (Lipinski definition) is 1. The third-order valence-corrected chi connectivity index (χ3v) is 3.35. The number of nitriles is 1. The van der Waals surface area contributed by atoms with Crippen molar-refractivity contribution in [2.75, 3.05) is 0 Å². The van der Waals surface area contributed by atoms with Crippen molar-refractivity contribution in [3.8, 4) is 6.07 Å². The summed E-state index contributed by atoms with van der Waals surface area (Å²) < 4.78 is 5.72. The number of hydrogen-bond acceptors (Lipinski definition) is 3. The van der Waals surface area contributed by atoms with Crippen molar-refractivity contribution in [2.45, 2.75) is 51.5 Å². The molecule has 1 aliphatic rings. The Morgan fingerprint density at radius 1 is 1.33 bits per heavy atom. The van der Waals surface area contributed by atoms with Crippen molar-refractivity contribution in [2.24, 2.45) is 0 Å². The maximum absolute atomic E-state index is 8.86. The van der Waals surface area contributed by atoms with E-state index in [4.69, 9.17) is 10.00 Å². The SMILES string of the molecule is CC1CC(NCc2cccc(C#N)c2)CC(C)O1. The molecule has 0 aliphatic carbocycles. The summed E-state index contributed by atoms with van der Waals surface area (Å²) in [5.41, 5.74) is 1.89. The van der Waals surface area contributed by atoms with Crippen molar-refractivity contribution in [3.63, 3.8) is 0 Å². The Bertz CT molecular complexity index is 428. The zero-order valence-corrected chi connectivity index (χ0v) is 11.0. The molecule has 1 aliphatic heterocycles. The highest BCUT2D eigenvalue weighted by Crippen LogP contribution is 2.19. The second-order valence-electron chi connectivity index (χ2n) is 5.12. The van der Waals surface area contributed by atoms with Gasteiger partial charge in [-0.15, -0.1) is 0 Å². The van der Waals surface area contributed by atoms with Gasteiger partial charge in [0.05, 0.1) is 23.8 Å². The second-order valence-corrected chi connectivity index (χ2v) is 5.12. The van der Waals surface area contributed by atoms with Crippen LogP contribution in [-0.2, 0) is 11.3 Å². The van der Waals surface area contributed by atoms with E-state index < -0.39 is 0 Å². The summed E-state index contributed by atoms with van der Waals surface area (Å²) in [6.45, 7) is 5.07. The van der Waals surface area contributed by atoms with E-state index in [9.17, 15) is 0 Å². The van der Waals surface area contributed by atoms with E-state index >= 15 is 0 Å². The molecular weight excluding hydrogens is 224 g/mol. The van der Waals surface area contributed by atoms with Crippen LogP contribution in [0.3, 0.4) is 0 Å². The molecule has 2 unspecified atom stereocenters. The molecular formula is C15H20N2O. The predicted octanol–water partition coefficient (Wildman–Crippen LogP) is 2.60. The molecule has 1 aromatic rings. The standard InChI is InChI=1S/C15H20N2O/c1-11-6-15(7-12(2)18-11)17-10-14-5-3-4-13(8-14)9-16/h3-5,8,11-12,15,17H,6-7,10H2,1-2H3. The molecule has 3 heteroatoms. The van der Waals surface area contributed by atoms with Crippen LogP contribution in [0.25, 0.3) is 0 Å². The van der Waals surface area contributed by atoms with Crippen LogP contribution in [0, 0.1) is 11.3 Å². The van der Waals surface area contributed by atoms with E-state index in [-0.39, 0.29) is 0 Å². The highest BCUT2D eigenvalue weighted by atomic mass is 16.5. The minimum atomic E-state index is 0.330. The molecule has 2 atom stereocenters. The van der Waals surface area contributed by atoms with Crippen LogP contribution in [0.4, 0.5) is 0 Å². The van der Waals surface area contributed by atoms with Crippen molar-refractivity contribution >= 4 is 0 Å². The maximum Gasteiger partial charge on any atom is 0.0991 e. The molecule has 18 heavy (non-hydrogen) atoms. The van der Waals surface area contributed by atoms with Gasteiger partial charge in [0.25, 0.3) is 0 Å². The quantitative estimate of drug-likeness (QED) is 0.889. The summed E-state index contributed by atoms with van der Waals surface area (Å²) in [5.74, 6) is 0. The van der Waals surface area contributed by atoms with Crippen LogP contribution in [0.2, 0.25) is 0 Å². The molecule has 3 nitrogen and oxygen atoms in total. The Kier molecular flexibility index (Phi) is 4.35. The van der Waals surface area contributed by atoms with Gasteiger partial charge in [-0.25, -0.2) is 0 Å². The molecule has 0 amide bonds. The van der Waals surface area contributed by atoms with Crippen LogP contribution in [0.5, 0.6) is 0 Å². The largest absolute Gasteiger partial charge is 0.375 e. The molecule has 0 aromatic heterocycles. The summed E-state index contributed by atoms with van der Waals surface area (Å²) in [6, 6.07) is 10.5. The number of ether oxygens (including phenoxy) is 1. The van der Waals surface area contributed by atoms with E-state index in [0.717, 1.165) is 24.9 Å². The van der Waals surface area contributed by atoms with Crippen LogP contribution in [-0.4, -0.2) is 18.2 Å². The summed E-state index contributed by atoms with van der Waals surface area (Å²) in [6.07, 6.45) is 2.78. The third kappa shape index (κ3) is 3.56. The number of nitrogens with zero attached hydrogens (tertiary/aromatic N) is 1. The molecule has 1 heterocycles. The second kappa shape index (κ2) is 5.99. The summed E-state index contributed by atoms with van der Waals surface area (Å²) in [4.78, 5) is 0. The summed E-state index contributed by atoms with van der Waals surface area (Å²) >= 11 is 0. The zero-order chi connectivity index (χ0) is 13.0. The van der Waals surface area contributed by atoms with E-state index in [0.29, 0.717) is 18.2 Å². The highest BCUT2D eigenvalue weighted by Gasteiger charge is 2.23. The molecule has 1 N–H and O–H groups in total. The molecule has 0 spiro atoms. The Morgan fingerprint density at radius 3 is 2.72 bits per heavy atom. The van der Waals surface area contributed by atoms with Gasteiger partial charge in [0.15, 0.2) is 0 Å². The fourth-order valence-electron chi connectivity index (χ4n) is 2.58. The smallest absolute Gasteiger partial charge is 0.0991 e. The number of nitrogens with one attached hydrogen (secondary N) is 1. The normalized spacial score (nSPS) is 27.7. The monoisotopic (exact) mass is 244 g/mol. The van der Waals surface area contributed by atoms with Crippen LogP contribution >= 0.6 is 0 Å². The first kappa shape index (κ1) is 13.1. The predicted molar refractivity (Wildman–Crippen MR) is 71.0 cm³/mol. The van der Waals surface area contributed by atoms with E-state index in [2.05, 4.69) is 31.3 Å². The maximum atomic E-state index is 8.86. The third-order valence-electron chi connectivity index (χ3n) is 3.35. The molecule has 1 saturated heterocycles. The fourth-order valence-corrected chi connectivity index (χ4v) is 2.58. The van der Waals surface area contributed by atoms with Crippen molar-refractivity contribution < 1.29 is 4.74 Å². The molecule has 1 fully saturated rings. The first-order valence-electron chi connectivity index (χ1n) is 6.55. The van der Waals surface area contributed by atoms with Crippen LogP contribution in [0.15, 0.2) is 24.3 Å². The average molecular weight is 244 g/mol. The van der Waals surface area contributed by atoms with E-state index in [1.807, 2.05) is 18.2 Å². The van der Waals surface area contributed by atoms with Gasteiger partial charge in [0, 0.05) is 12.6 Å². The van der Waals surface area contributed by atoms with Gasteiger partial charge < -0.3 is 10.1 Å². The van der Waals surface area contributed by atoms with Crippen molar-refractivity contribution in [3.05, 3.63) is 35.4 Å². The Morgan fingerprint density at radius 2 is 2.06 bits per heavy atom. The van der Waals surface area contributed by atoms with Crippen molar-refractivity contribution in [1.82, 2.24) is 5.32 Å². The van der Waals surface area contributed by atoms with Gasteiger partial charge in [-0.05, 0) is 44.4 Å². The minimum absolute atomic E-state index is 0.330. The Labute approximate surface area is 109 Å².